The van der Waals surface area contributed by atoms with Crippen molar-refractivity contribution in [2.75, 3.05) is 18.1 Å². The Bertz CT molecular complexity index is 1180. The lowest BCUT2D eigenvalue weighted by Gasteiger charge is -2.25. The lowest BCUT2D eigenvalue weighted by atomic mass is 10.0. The molecule has 0 saturated carbocycles. The molecule has 2 aromatic carbocycles. The van der Waals surface area contributed by atoms with Crippen LogP contribution in [0.4, 0.5) is 5.82 Å². The summed E-state index contributed by atoms with van der Waals surface area (Å²) in [5, 5.41) is 14.8. The normalized spacial score (nSPS) is 16.5. The standard InChI is InChI=1S/C25H26N4O/c1-17-10-12-20(13-11-17)24-18(2)27-29-22(19-7-4-3-5-8-19)15-23(26-25(24)29)28-14-6-9-21(28)16-30/h3-5,7-8,10-13,15,21,30H,6,9,14,16H2,1-2H3/t21-/m0/s1. The Balaban J connectivity index is 1.78. The van der Waals surface area contributed by atoms with Crippen LogP contribution in [0.2, 0.25) is 0 Å². The molecule has 0 amide bonds. The fraction of sp³-hybridized carbons (Fsp3) is 0.280. The van der Waals surface area contributed by atoms with Crippen LogP contribution < -0.4 is 4.90 Å². The molecule has 5 rings (SSSR count). The molecule has 4 aromatic rings. The Hall–Kier alpha value is -3.18. The van der Waals surface area contributed by atoms with Crippen LogP contribution in [0.15, 0.2) is 60.7 Å². The molecule has 3 heterocycles. The molecule has 1 aliphatic rings. The minimum absolute atomic E-state index is 0.121. The van der Waals surface area contributed by atoms with Gasteiger partial charge in [-0.15, -0.1) is 0 Å². The predicted octanol–water partition coefficient (Wildman–Crippen LogP) is 4.64. The summed E-state index contributed by atoms with van der Waals surface area (Å²) in [4.78, 5) is 7.32. The number of rotatable bonds is 4. The molecule has 152 valence electrons. The molecule has 0 unspecified atom stereocenters. The van der Waals surface area contributed by atoms with Gasteiger partial charge in [-0.1, -0.05) is 60.2 Å². The predicted molar refractivity (Wildman–Crippen MR) is 121 cm³/mol. The van der Waals surface area contributed by atoms with E-state index in [2.05, 4.69) is 54.3 Å². The van der Waals surface area contributed by atoms with Crippen molar-refractivity contribution < 1.29 is 5.11 Å². The molecule has 2 aromatic heterocycles. The van der Waals surface area contributed by atoms with Gasteiger partial charge in [0.2, 0.25) is 0 Å². The van der Waals surface area contributed by atoms with Crippen LogP contribution in [0.3, 0.4) is 0 Å². The van der Waals surface area contributed by atoms with Crippen molar-refractivity contribution in [3.8, 4) is 22.4 Å². The first-order valence-electron chi connectivity index (χ1n) is 10.6. The first-order chi connectivity index (χ1) is 14.7. The molecule has 1 fully saturated rings. The van der Waals surface area contributed by atoms with E-state index < -0.39 is 0 Å². The molecule has 1 N–H and O–H groups in total. The van der Waals surface area contributed by atoms with Gasteiger partial charge in [-0.25, -0.2) is 9.50 Å². The van der Waals surface area contributed by atoms with Crippen LogP contribution in [0.25, 0.3) is 28.0 Å². The summed E-state index contributed by atoms with van der Waals surface area (Å²) in [5.41, 5.74) is 7.35. The summed E-state index contributed by atoms with van der Waals surface area (Å²) in [7, 11) is 0. The quantitative estimate of drug-likeness (QED) is 0.544. The highest BCUT2D eigenvalue weighted by molar-refractivity contribution is 5.83. The second-order valence-electron chi connectivity index (χ2n) is 8.10. The third-order valence-electron chi connectivity index (χ3n) is 6.04. The zero-order valence-corrected chi connectivity index (χ0v) is 17.4. The maximum absolute atomic E-state index is 9.87. The third kappa shape index (κ3) is 3.15. The van der Waals surface area contributed by atoms with Crippen molar-refractivity contribution >= 4 is 11.5 Å². The number of hydrogen-bond acceptors (Lipinski definition) is 4. The van der Waals surface area contributed by atoms with Crippen LogP contribution in [0, 0.1) is 13.8 Å². The lowest BCUT2D eigenvalue weighted by Crippen LogP contribution is -2.32. The van der Waals surface area contributed by atoms with Crippen molar-refractivity contribution in [2.24, 2.45) is 0 Å². The smallest absolute Gasteiger partial charge is 0.166 e. The number of aromatic nitrogens is 3. The zero-order chi connectivity index (χ0) is 20.7. The topological polar surface area (TPSA) is 53.7 Å². The highest BCUT2D eigenvalue weighted by Crippen LogP contribution is 2.34. The summed E-state index contributed by atoms with van der Waals surface area (Å²) in [6.45, 7) is 5.20. The molecule has 1 aliphatic heterocycles. The van der Waals surface area contributed by atoms with Gasteiger partial charge in [0.15, 0.2) is 5.65 Å². The molecule has 0 radical (unpaired) electrons. The number of benzene rings is 2. The Morgan fingerprint density at radius 2 is 1.77 bits per heavy atom. The Morgan fingerprint density at radius 3 is 2.50 bits per heavy atom. The van der Waals surface area contributed by atoms with Crippen molar-refractivity contribution in [3.63, 3.8) is 0 Å². The van der Waals surface area contributed by atoms with Gasteiger partial charge in [-0.3, -0.25) is 0 Å². The molecule has 0 bridgehead atoms. The molecule has 1 atom stereocenters. The van der Waals surface area contributed by atoms with E-state index >= 15 is 0 Å². The maximum atomic E-state index is 9.87. The van der Waals surface area contributed by atoms with Crippen molar-refractivity contribution in [1.82, 2.24) is 14.6 Å². The third-order valence-corrected chi connectivity index (χ3v) is 6.04. The molecule has 0 aliphatic carbocycles. The lowest BCUT2D eigenvalue weighted by molar-refractivity contribution is 0.266. The number of hydrogen-bond donors (Lipinski definition) is 1. The minimum Gasteiger partial charge on any atom is -0.394 e. The maximum Gasteiger partial charge on any atom is 0.166 e. The van der Waals surface area contributed by atoms with E-state index in [1.165, 1.54) is 5.56 Å². The SMILES string of the molecule is Cc1ccc(-c2c(C)nn3c(-c4ccccc4)cc(N4CCC[C@H]4CO)nc23)cc1. The summed E-state index contributed by atoms with van der Waals surface area (Å²) >= 11 is 0. The number of aliphatic hydroxyl groups is 1. The number of aryl methyl sites for hydroxylation is 2. The Labute approximate surface area is 176 Å². The van der Waals surface area contributed by atoms with Gasteiger partial charge in [-0.05, 0) is 32.3 Å². The van der Waals surface area contributed by atoms with Gasteiger partial charge in [-0.2, -0.15) is 5.10 Å². The van der Waals surface area contributed by atoms with E-state index in [1.54, 1.807) is 0 Å². The number of aliphatic hydroxyl groups excluding tert-OH is 1. The fourth-order valence-corrected chi connectivity index (χ4v) is 4.46. The van der Waals surface area contributed by atoms with Gasteiger partial charge in [0.25, 0.3) is 0 Å². The van der Waals surface area contributed by atoms with Crippen LogP contribution in [-0.4, -0.2) is 38.9 Å². The average molecular weight is 399 g/mol. The number of nitrogens with zero attached hydrogens (tertiary/aromatic N) is 4. The monoisotopic (exact) mass is 398 g/mol. The molecule has 30 heavy (non-hydrogen) atoms. The Kier molecular flexibility index (Phi) is 4.75. The first kappa shape index (κ1) is 18.8. The van der Waals surface area contributed by atoms with E-state index in [9.17, 15) is 5.11 Å². The zero-order valence-electron chi connectivity index (χ0n) is 17.4. The molecule has 5 nitrogen and oxygen atoms in total. The van der Waals surface area contributed by atoms with E-state index in [4.69, 9.17) is 10.1 Å². The van der Waals surface area contributed by atoms with Gasteiger partial charge in [0.1, 0.15) is 5.82 Å². The number of anilines is 1. The van der Waals surface area contributed by atoms with E-state index in [1.807, 2.05) is 29.6 Å². The van der Waals surface area contributed by atoms with E-state index in [0.717, 1.165) is 58.9 Å². The highest BCUT2D eigenvalue weighted by Gasteiger charge is 2.27. The van der Waals surface area contributed by atoms with Crippen LogP contribution >= 0.6 is 0 Å². The van der Waals surface area contributed by atoms with Gasteiger partial charge < -0.3 is 10.0 Å². The summed E-state index contributed by atoms with van der Waals surface area (Å²) in [6.07, 6.45) is 2.06. The summed E-state index contributed by atoms with van der Waals surface area (Å²) < 4.78 is 1.97. The largest absolute Gasteiger partial charge is 0.394 e. The van der Waals surface area contributed by atoms with E-state index in [-0.39, 0.29) is 12.6 Å². The van der Waals surface area contributed by atoms with Gasteiger partial charge in [0, 0.05) is 23.7 Å². The van der Waals surface area contributed by atoms with Crippen LogP contribution in [0.1, 0.15) is 24.1 Å². The molecular formula is C25H26N4O. The van der Waals surface area contributed by atoms with Crippen molar-refractivity contribution in [3.05, 3.63) is 71.9 Å². The van der Waals surface area contributed by atoms with Crippen LogP contribution in [-0.2, 0) is 0 Å². The second-order valence-corrected chi connectivity index (χ2v) is 8.10. The average Bonchev–Trinajstić information content (AvgIpc) is 3.38. The van der Waals surface area contributed by atoms with E-state index in [0.29, 0.717) is 0 Å². The Morgan fingerprint density at radius 1 is 1.00 bits per heavy atom. The fourth-order valence-electron chi connectivity index (χ4n) is 4.46. The van der Waals surface area contributed by atoms with Crippen molar-refractivity contribution in [2.45, 2.75) is 32.7 Å². The van der Waals surface area contributed by atoms with Crippen LogP contribution in [0.5, 0.6) is 0 Å². The number of fused-ring (bicyclic) bond motifs is 1. The minimum atomic E-state index is 0.121. The highest BCUT2D eigenvalue weighted by atomic mass is 16.3. The molecule has 0 spiro atoms. The molecule has 5 heteroatoms. The first-order valence-corrected chi connectivity index (χ1v) is 10.6. The molecule has 1 saturated heterocycles. The molecular weight excluding hydrogens is 372 g/mol. The van der Waals surface area contributed by atoms with Gasteiger partial charge in [0.05, 0.1) is 24.0 Å². The summed E-state index contributed by atoms with van der Waals surface area (Å²) in [6, 6.07) is 21.1. The van der Waals surface area contributed by atoms with Gasteiger partial charge >= 0.3 is 0 Å². The summed E-state index contributed by atoms with van der Waals surface area (Å²) in [5.74, 6) is 0.908. The second kappa shape index (κ2) is 7.58. The van der Waals surface area contributed by atoms with Crippen molar-refractivity contribution in [1.29, 1.82) is 0 Å².